The molecule has 2 unspecified atom stereocenters. The molecule has 0 aromatic heterocycles. The van der Waals surface area contributed by atoms with Gasteiger partial charge >= 0.3 is 0 Å². The number of primary sulfonamides is 1. The third kappa shape index (κ3) is 5.20. The SMILES string of the molecule is CCCC(C)(O)CNC(C)c1ccc(S(N)(=O)=O)cc1. The van der Waals surface area contributed by atoms with Gasteiger partial charge in [-0.05, 0) is 38.0 Å². The topological polar surface area (TPSA) is 92.4 Å². The van der Waals surface area contributed by atoms with Gasteiger partial charge in [0.05, 0.1) is 10.5 Å². The monoisotopic (exact) mass is 300 g/mol. The van der Waals surface area contributed by atoms with E-state index in [-0.39, 0.29) is 10.9 Å². The maximum Gasteiger partial charge on any atom is 0.238 e. The lowest BCUT2D eigenvalue weighted by atomic mass is 9.99. The highest BCUT2D eigenvalue weighted by molar-refractivity contribution is 7.89. The fourth-order valence-electron chi connectivity index (χ4n) is 2.06. The van der Waals surface area contributed by atoms with Crippen LogP contribution in [0.4, 0.5) is 0 Å². The van der Waals surface area contributed by atoms with Crippen molar-refractivity contribution in [1.82, 2.24) is 5.32 Å². The van der Waals surface area contributed by atoms with Crippen LogP contribution in [0.2, 0.25) is 0 Å². The highest BCUT2D eigenvalue weighted by Gasteiger charge is 2.20. The molecule has 0 bridgehead atoms. The smallest absolute Gasteiger partial charge is 0.238 e. The molecule has 1 aromatic carbocycles. The first kappa shape index (κ1) is 17.1. The molecule has 5 nitrogen and oxygen atoms in total. The number of nitrogens with one attached hydrogen (secondary N) is 1. The molecule has 0 amide bonds. The third-order valence-electron chi connectivity index (χ3n) is 3.29. The third-order valence-corrected chi connectivity index (χ3v) is 4.22. The van der Waals surface area contributed by atoms with Crippen molar-refractivity contribution in [3.63, 3.8) is 0 Å². The zero-order valence-electron chi connectivity index (χ0n) is 12.3. The molecule has 0 aliphatic carbocycles. The molecule has 1 rings (SSSR count). The molecule has 0 radical (unpaired) electrons. The van der Waals surface area contributed by atoms with E-state index >= 15 is 0 Å². The molecule has 1 aromatic rings. The van der Waals surface area contributed by atoms with Gasteiger partial charge < -0.3 is 10.4 Å². The highest BCUT2D eigenvalue weighted by Crippen LogP contribution is 2.17. The summed E-state index contributed by atoms with van der Waals surface area (Å²) in [7, 11) is -3.65. The summed E-state index contributed by atoms with van der Waals surface area (Å²) in [5, 5.41) is 18.4. The van der Waals surface area contributed by atoms with Crippen LogP contribution in [-0.2, 0) is 10.0 Å². The standard InChI is InChI=1S/C14H24N2O3S/c1-4-9-14(3,17)10-16-11(2)12-5-7-13(8-6-12)20(15,18)19/h5-8,11,16-17H,4,9-10H2,1-3H3,(H2,15,18,19). The first-order valence-corrected chi connectivity index (χ1v) is 8.29. The quantitative estimate of drug-likeness (QED) is 0.712. The number of sulfonamides is 1. The Morgan fingerprint density at radius 2 is 1.90 bits per heavy atom. The zero-order valence-corrected chi connectivity index (χ0v) is 13.1. The fraction of sp³-hybridized carbons (Fsp3) is 0.571. The van der Waals surface area contributed by atoms with Crippen molar-refractivity contribution in [2.75, 3.05) is 6.54 Å². The average molecular weight is 300 g/mol. The lowest BCUT2D eigenvalue weighted by molar-refractivity contribution is 0.0477. The van der Waals surface area contributed by atoms with Gasteiger partial charge in [-0.3, -0.25) is 0 Å². The normalized spacial score (nSPS) is 16.6. The Labute approximate surface area is 121 Å². The molecular weight excluding hydrogens is 276 g/mol. The van der Waals surface area contributed by atoms with E-state index in [4.69, 9.17) is 5.14 Å². The molecule has 0 saturated heterocycles. The lowest BCUT2D eigenvalue weighted by Gasteiger charge is -2.25. The summed E-state index contributed by atoms with van der Waals surface area (Å²) in [5.41, 5.74) is 0.216. The molecule has 114 valence electrons. The average Bonchev–Trinajstić information content (AvgIpc) is 2.35. The van der Waals surface area contributed by atoms with E-state index in [2.05, 4.69) is 5.32 Å². The minimum absolute atomic E-state index is 0.0212. The maximum absolute atomic E-state index is 11.2. The second kappa shape index (κ2) is 6.67. The van der Waals surface area contributed by atoms with Gasteiger partial charge in [-0.2, -0.15) is 0 Å². The van der Waals surface area contributed by atoms with Crippen molar-refractivity contribution >= 4 is 10.0 Å². The minimum Gasteiger partial charge on any atom is -0.389 e. The Morgan fingerprint density at radius 1 is 1.35 bits per heavy atom. The molecule has 4 N–H and O–H groups in total. The fourth-order valence-corrected chi connectivity index (χ4v) is 2.58. The largest absolute Gasteiger partial charge is 0.389 e. The van der Waals surface area contributed by atoms with Gasteiger partial charge in [0.15, 0.2) is 0 Å². The molecule has 0 aliphatic heterocycles. The zero-order chi connectivity index (χ0) is 15.4. The molecule has 20 heavy (non-hydrogen) atoms. The van der Waals surface area contributed by atoms with Crippen LogP contribution in [0.3, 0.4) is 0 Å². The number of nitrogens with two attached hydrogens (primary N) is 1. The predicted octanol–water partition coefficient (Wildman–Crippen LogP) is 1.54. The van der Waals surface area contributed by atoms with Crippen molar-refractivity contribution in [3.8, 4) is 0 Å². The van der Waals surface area contributed by atoms with Crippen LogP contribution in [0.5, 0.6) is 0 Å². The van der Waals surface area contributed by atoms with Gasteiger partial charge in [0.25, 0.3) is 0 Å². The van der Waals surface area contributed by atoms with Gasteiger partial charge in [-0.15, -0.1) is 0 Å². The van der Waals surface area contributed by atoms with Crippen molar-refractivity contribution in [2.45, 2.75) is 50.2 Å². The first-order chi connectivity index (χ1) is 9.15. The summed E-state index contributed by atoms with van der Waals surface area (Å²) >= 11 is 0. The van der Waals surface area contributed by atoms with Crippen molar-refractivity contribution < 1.29 is 13.5 Å². The number of rotatable bonds is 7. The van der Waals surface area contributed by atoms with Crippen LogP contribution in [0.15, 0.2) is 29.2 Å². The Bertz CT molecular complexity index is 524. The van der Waals surface area contributed by atoms with E-state index in [1.807, 2.05) is 13.8 Å². The van der Waals surface area contributed by atoms with Crippen molar-refractivity contribution in [3.05, 3.63) is 29.8 Å². The number of benzene rings is 1. The van der Waals surface area contributed by atoms with Crippen LogP contribution < -0.4 is 10.5 Å². The van der Waals surface area contributed by atoms with Gasteiger partial charge in [0.2, 0.25) is 10.0 Å². The van der Waals surface area contributed by atoms with Gasteiger partial charge in [0.1, 0.15) is 0 Å². The van der Waals surface area contributed by atoms with E-state index in [0.29, 0.717) is 6.54 Å². The van der Waals surface area contributed by atoms with Gasteiger partial charge in [0, 0.05) is 12.6 Å². The predicted molar refractivity (Wildman–Crippen MR) is 79.8 cm³/mol. The Balaban J connectivity index is 2.67. The van der Waals surface area contributed by atoms with Crippen LogP contribution >= 0.6 is 0 Å². The minimum atomic E-state index is -3.65. The molecular formula is C14H24N2O3S. The van der Waals surface area contributed by atoms with Crippen LogP contribution in [0.25, 0.3) is 0 Å². The summed E-state index contributed by atoms with van der Waals surface area (Å²) < 4.78 is 22.3. The summed E-state index contributed by atoms with van der Waals surface area (Å²) in [6.45, 7) is 6.29. The molecule has 2 atom stereocenters. The molecule has 0 fully saturated rings. The first-order valence-electron chi connectivity index (χ1n) is 6.74. The van der Waals surface area contributed by atoms with Crippen LogP contribution in [-0.4, -0.2) is 25.7 Å². The second-order valence-electron chi connectivity index (χ2n) is 5.46. The van der Waals surface area contributed by atoms with E-state index < -0.39 is 15.6 Å². The number of aliphatic hydroxyl groups is 1. The van der Waals surface area contributed by atoms with Gasteiger partial charge in [-0.25, -0.2) is 13.6 Å². The summed E-state index contributed by atoms with van der Waals surface area (Å²) in [6, 6.07) is 6.46. The number of hydrogen-bond donors (Lipinski definition) is 3. The molecule has 0 saturated carbocycles. The van der Waals surface area contributed by atoms with E-state index in [1.54, 1.807) is 19.1 Å². The van der Waals surface area contributed by atoms with Crippen molar-refractivity contribution in [1.29, 1.82) is 0 Å². The number of hydrogen-bond acceptors (Lipinski definition) is 4. The Hall–Kier alpha value is -0.950. The summed E-state index contributed by atoms with van der Waals surface area (Å²) in [6.07, 6.45) is 1.66. The molecule has 6 heteroatoms. The highest BCUT2D eigenvalue weighted by atomic mass is 32.2. The van der Waals surface area contributed by atoms with Crippen LogP contribution in [0.1, 0.15) is 45.2 Å². The lowest BCUT2D eigenvalue weighted by Crippen LogP contribution is -2.38. The van der Waals surface area contributed by atoms with E-state index in [9.17, 15) is 13.5 Å². The van der Waals surface area contributed by atoms with Gasteiger partial charge in [-0.1, -0.05) is 25.5 Å². The van der Waals surface area contributed by atoms with E-state index in [1.165, 1.54) is 12.1 Å². The molecule has 0 aliphatic rings. The van der Waals surface area contributed by atoms with Crippen LogP contribution in [0, 0.1) is 0 Å². The summed E-state index contributed by atoms with van der Waals surface area (Å²) in [4.78, 5) is 0.103. The van der Waals surface area contributed by atoms with Crippen molar-refractivity contribution in [2.24, 2.45) is 5.14 Å². The molecule has 0 heterocycles. The summed E-state index contributed by atoms with van der Waals surface area (Å²) in [5.74, 6) is 0. The molecule has 0 spiro atoms. The second-order valence-corrected chi connectivity index (χ2v) is 7.02. The Kier molecular flexibility index (Phi) is 5.70. The Morgan fingerprint density at radius 3 is 2.35 bits per heavy atom. The van der Waals surface area contributed by atoms with E-state index in [0.717, 1.165) is 18.4 Å². The maximum atomic E-state index is 11.2.